The summed E-state index contributed by atoms with van der Waals surface area (Å²) in [6, 6.07) is 11.7. The summed E-state index contributed by atoms with van der Waals surface area (Å²) in [5.74, 6) is -0.537. The standard InChI is InChI=1S/C28H35Cl2FN4O/c1-7-19(5)35(6)26(16-20(8-2)21-9-12-23(29)13-10-21)33-28(32-17-18(3)4)34-27(36)22-11-14-24(30)25(31)15-22/h7-15,18,26H,16-17H2,1-6H3,(H2,32,33,34,36). The summed E-state index contributed by atoms with van der Waals surface area (Å²) < 4.78 is 14.0. The summed E-state index contributed by atoms with van der Waals surface area (Å²) in [6.07, 6.45) is 4.46. The number of nitrogens with one attached hydrogen (secondary N) is 2. The second-order valence-corrected chi connectivity index (χ2v) is 9.74. The van der Waals surface area contributed by atoms with Crippen LogP contribution in [0.3, 0.4) is 0 Å². The van der Waals surface area contributed by atoms with Crippen LogP contribution in [-0.4, -0.2) is 36.5 Å². The van der Waals surface area contributed by atoms with E-state index in [0.29, 0.717) is 23.9 Å². The minimum atomic E-state index is -0.653. The highest BCUT2D eigenvalue weighted by atomic mass is 35.5. The number of benzene rings is 2. The molecule has 0 saturated heterocycles. The molecule has 0 aliphatic carbocycles. The summed E-state index contributed by atoms with van der Waals surface area (Å²) in [4.78, 5) is 19.7. The molecule has 0 bridgehead atoms. The molecule has 0 aromatic heterocycles. The van der Waals surface area contributed by atoms with Gasteiger partial charge in [-0.25, -0.2) is 4.39 Å². The van der Waals surface area contributed by atoms with Crippen LogP contribution >= 0.6 is 23.2 Å². The van der Waals surface area contributed by atoms with Crippen molar-refractivity contribution in [2.45, 2.75) is 47.2 Å². The van der Waals surface area contributed by atoms with Gasteiger partial charge >= 0.3 is 0 Å². The van der Waals surface area contributed by atoms with E-state index < -0.39 is 11.7 Å². The van der Waals surface area contributed by atoms with E-state index in [1.807, 2.05) is 72.0 Å². The van der Waals surface area contributed by atoms with Gasteiger partial charge in [-0.3, -0.25) is 15.1 Å². The predicted octanol–water partition coefficient (Wildman–Crippen LogP) is 7.14. The Kier molecular flexibility index (Phi) is 11.5. The smallest absolute Gasteiger partial charge is 0.258 e. The summed E-state index contributed by atoms with van der Waals surface area (Å²) in [6.45, 7) is 10.6. The molecule has 194 valence electrons. The number of carbonyl (C=O) groups excluding carboxylic acids is 1. The molecule has 1 unspecified atom stereocenters. The Morgan fingerprint density at radius 2 is 1.72 bits per heavy atom. The van der Waals surface area contributed by atoms with Crippen LogP contribution in [0.1, 0.15) is 57.0 Å². The van der Waals surface area contributed by atoms with Gasteiger partial charge in [0.2, 0.25) is 0 Å². The van der Waals surface area contributed by atoms with E-state index in [4.69, 9.17) is 23.2 Å². The van der Waals surface area contributed by atoms with E-state index in [0.717, 1.165) is 22.9 Å². The van der Waals surface area contributed by atoms with Crippen LogP contribution in [0.15, 0.2) is 65.3 Å². The number of carbonyl (C=O) groups is 1. The monoisotopic (exact) mass is 532 g/mol. The number of hydrogen-bond acceptors (Lipinski definition) is 3. The second-order valence-electron chi connectivity index (χ2n) is 8.89. The zero-order valence-corrected chi connectivity index (χ0v) is 23.2. The van der Waals surface area contributed by atoms with Crippen molar-refractivity contribution >= 4 is 40.6 Å². The maximum atomic E-state index is 14.0. The van der Waals surface area contributed by atoms with Crippen molar-refractivity contribution in [1.29, 1.82) is 0 Å². The Morgan fingerprint density at radius 3 is 2.28 bits per heavy atom. The van der Waals surface area contributed by atoms with Crippen LogP contribution in [-0.2, 0) is 0 Å². The number of rotatable bonds is 9. The van der Waals surface area contributed by atoms with Crippen molar-refractivity contribution in [3.8, 4) is 0 Å². The molecule has 0 radical (unpaired) electrons. The lowest BCUT2D eigenvalue weighted by Crippen LogP contribution is -2.51. The lowest BCUT2D eigenvalue weighted by molar-refractivity contribution is 0.0974. The second kappa shape index (κ2) is 14.0. The van der Waals surface area contributed by atoms with Crippen molar-refractivity contribution in [2.24, 2.45) is 10.9 Å². The van der Waals surface area contributed by atoms with Crippen LogP contribution in [0.5, 0.6) is 0 Å². The van der Waals surface area contributed by atoms with Gasteiger partial charge in [0.15, 0.2) is 5.96 Å². The van der Waals surface area contributed by atoms with Crippen LogP contribution in [0.4, 0.5) is 4.39 Å². The fraction of sp³-hybridized carbons (Fsp3) is 0.357. The van der Waals surface area contributed by atoms with Gasteiger partial charge in [-0.15, -0.1) is 0 Å². The first kappa shape index (κ1) is 29.4. The van der Waals surface area contributed by atoms with Gasteiger partial charge in [-0.05, 0) is 68.2 Å². The average Bonchev–Trinajstić information content (AvgIpc) is 2.86. The number of halogens is 3. The number of amides is 1. The Balaban J connectivity index is 2.37. The van der Waals surface area contributed by atoms with Crippen molar-refractivity contribution in [2.75, 3.05) is 13.6 Å². The van der Waals surface area contributed by atoms with Gasteiger partial charge in [0, 0.05) is 36.3 Å². The number of guanidine groups is 1. The minimum absolute atomic E-state index is 0.0389. The highest BCUT2D eigenvalue weighted by molar-refractivity contribution is 6.31. The molecule has 5 nitrogen and oxygen atoms in total. The summed E-state index contributed by atoms with van der Waals surface area (Å²) >= 11 is 11.9. The highest BCUT2D eigenvalue weighted by Crippen LogP contribution is 2.24. The fourth-order valence-electron chi connectivity index (χ4n) is 3.38. The molecule has 2 aromatic rings. The first-order valence-corrected chi connectivity index (χ1v) is 12.7. The number of allylic oxidation sites excluding steroid dienone is 3. The van der Waals surface area contributed by atoms with Gasteiger partial charge in [-0.2, -0.15) is 0 Å². The number of hydrogen-bond donors (Lipinski definition) is 2. The zero-order valence-electron chi connectivity index (χ0n) is 21.7. The zero-order chi connectivity index (χ0) is 26.8. The SMILES string of the molecule is CC=C(CC(NC(=NCC(C)C)NC(=O)c1ccc(Cl)c(F)c1)N(C)C(C)=CC)c1ccc(Cl)cc1. The van der Waals surface area contributed by atoms with Crippen molar-refractivity contribution in [1.82, 2.24) is 15.5 Å². The Hall–Kier alpha value is -2.83. The molecule has 36 heavy (non-hydrogen) atoms. The maximum absolute atomic E-state index is 14.0. The van der Waals surface area contributed by atoms with E-state index in [1.54, 1.807) is 0 Å². The van der Waals surface area contributed by atoms with Gasteiger partial charge < -0.3 is 10.2 Å². The van der Waals surface area contributed by atoms with Gasteiger partial charge in [0.1, 0.15) is 12.0 Å². The Labute approximate surface area is 224 Å². The summed E-state index contributed by atoms with van der Waals surface area (Å²) in [5, 5.41) is 6.87. The minimum Gasteiger partial charge on any atom is -0.358 e. The van der Waals surface area contributed by atoms with Gasteiger partial charge in [0.05, 0.1) is 5.02 Å². The molecule has 2 N–H and O–H groups in total. The first-order chi connectivity index (χ1) is 17.0. The molecule has 0 spiro atoms. The third kappa shape index (κ3) is 8.68. The van der Waals surface area contributed by atoms with Gasteiger partial charge in [0.25, 0.3) is 5.91 Å². The van der Waals surface area contributed by atoms with E-state index in [9.17, 15) is 9.18 Å². The van der Waals surface area contributed by atoms with Crippen LogP contribution in [0.2, 0.25) is 10.0 Å². The van der Waals surface area contributed by atoms with E-state index in [2.05, 4.69) is 26.6 Å². The fourth-order valence-corrected chi connectivity index (χ4v) is 3.62. The molecule has 0 aliphatic rings. The number of aliphatic imine (C=N–C) groups is 1. The molecule has 0 fully saturated rings. The quantitative estimate of drug-likeness (QED) is 0.205. The molecule has 0 heterocycles. The average molecular weight is 534 g/mol. The molecule has 0 saturated carbocycles. The Bertz CT molecular complexity index is 1130. The lowest BCUT2D eigenvalue weighted by atomic mass is 10.0. The largest absolute Gasteiger partial charge is 0.358 e. The third-order valence-corrected chi connectivity index (χ3v) is 6.31. The molecule has 1 amide bonds. The topological polar surface area (TPSA) is 56.7 Å². The molecule has 2 aromatic carbocycles. The first-order valence-electron chi connectivity index (χ1n) is 11.9. The van der Waals surface area contributed by atoms with E-state index in [1.165, 1.54) is 12.1 Å². The van der Waals surface area contributed by atoms with E-state index >= 15 is 0 Å². The molecule has 2 rings (SSSR count). The van der Waals surface area contributed by atoms with Gasteiger partial charge in [-0.1, -0.05) is 61.3 Å². The molecule has 8 heteroatoms. The summed E-state index contributed by atoms with van der Waals surface area (Å²) in [7, 11) is 1.98. The molecule has 1 atom stereocenters. The summed E-state index contributed by atoms with van der Waals surface area (Å²) in [5.41, 5.74) is 3.37. The molecule has 0 aliphatic heterocycles. The highest BCUT2D eigenvalue weighted by Gasteiger charge is 2.21. The van der Waals surface area contributed by atoms with Crippen molar-refractivity contribution < 1.29 is 9.18 Å². The predicted molar refractivity (Wildman–Crippen MR) is 150 cm³/mol. The van der Waals surface area contributed by atoms with Crippen LogP contribution < -0.4 is 10.6 Å². The normalized spacial score (nSPS) is 13.6. The molecular formula is C28H35Cl2FN4O. The van der Waals surface area contributed by atoms with Crippen molar-refractivity contribution in [3.63, 3.8) is 0 Å². The van der Waals surface area contributed by atoms with Crippen molar-refractivity contribution in [3.05, 3.63) is 87.3 Å². The maximum Gasteiger partial charge on any atom is 0.258 e. The van der Waals surface area contributed by atoms with Crippen LogP contribution in [0.25, 0.3) is 5.57 Å². The Morgan fingerprint density at radius 1 is 1.08 bits per heavy atom. The number of nitrogens with zero attached hydrogens (tertiary/aromatic N) is 2. The van der Waals surface area contributed by atoms with Crippen LogP contribution in [0, 0.1) is 11.7 Å². The lowest BCUT2D eigenvalue weighted by Gasteiger charge is -2.33. The molecular weight excluding hydrogens is 498 g/mol. The van der Waals surface area contributed by atoms with E-state index in [-0.39, 0.29) is 22.7 Å². The third-order valence-electron chi connectivity index (χ3n) is 5.75.